The quantitative estimate of drug-likeness (QED) is 0.876. The molecule has 2 aromatic rings. The summed E-state index contributed by atoms with van der Waals surface area (Å²) in [6, 6.07) is 19.5. The van der Waals surface area contributed by atoms with E-state index >= 15 is 0 Å². The monoisotopic (exact) mass is 351 g/mol. The van der Waals surface area contributed by atoms with Crippen LogP contribution in [0, 0.1) is 0 Å². The molecule has 0 atom stereocenters. The van der Waals surface area contributed by atoms with Crippen LogP contribution in [0.15, 0.2) is 67.2 Å². The first-order valence-corrected chi connectivity index (χ1v) is 8.97. The summed E-state index contributed by atoms with van der Waals surface area (Å²) in [6.07, 6.45) is 1.25. The highest BCUT2D eigenvalue weighted by Gasteiger charge is 2.35. The first kappa shape index (κ1) is 18.2. The average molecular weight is 351 g/mol. The lowest BCUT2D eigenvalue weighted by Crippen LogP contribution is -2.46. The number of aliphatic hydroxyl groups is 1. The van der Waals surface area contributed by atoms with E-state index in [0.29, 0.717) is 32.4 Å². The van der Waals surface area contributed by atoms with Gasteiger partial charge < -0.3 is 14.7 Å². The molecule has 26 heavy (non-hydrogen) atoms. The summed E-state index contributed by atoms with van der Waals surface area (Å²) in [5.74, 6) is 0. The number of benzene rings is 2. The molecule has 1 aliphatic rings. The molecule has 3 rings (SSSR count). The zero-order valence-electron chi connectivity index (χ0n) is 14.9. The van der Waals surface area contributed by atoms with E-state index in [-0.39, 0.29) is 12.7 Å². The molecule has 0 aromatic heterocycles. The van der Waals surface area contributed by atoms with Gasteiger partial charge in [-0.3, -0.25) is 0 Å². The third-order valence-electron chi connectivity index (χ3n) is 4.88. The van der Waals surface area contributed by atoms with Crippen molar-refractivity contribution in [2.24, 2.45) is 0 Å². The largest absolute Gasteiger partial charge is 0.445 e. The fraction of sp³-hybridized carbons (Fsp3) is 0.318. The molecular formula is C22H25NO3. The van der Waals surface area contributed by atoms with Crippen molar-refractivity contribution in [2.75, 3.05) is 13.1 Å². The number of carbonyl (C=O) groups excluding carboxylic acids is 1. The number of ether oxygens (including phenoxy) is 1. The summed E-state index contributed by atoms with van der Waals surface area (Å²) in [5, 5.41) is 10.9. The highest BCUT2D eigenvalue weighted by atomic mass is 16.6. The van der Waals surface area contributed by atoms with Crippen LogP contribution in [-0.2, 0) is 11.3 Å². The van der Waals surface area contributed by atoms with Crippen LogP contribution in [0.1, 0.15) is 30.4 Å². The Kier molecular flexibility index (Phi) is 5.74. The first-order chi connectivity index (χ1) is 12.6. The number of likely N-dealkylation sites (tertiary alicyclic amines) is 1. The number of hydrogen-bond acceptors (Lipinski definition) is 3. The zero-order valence-corrected chi connectivity index (χ0v) is 14.9. The maximum Gasteiger partial charge on any atom is 0.410 e. The number of rotatable bonds is 5. The molecule has 4 nitrogen and oxygen atoms in total. The smallest absolute Gasteiger partial charge is 0.410 e. The van der Waals surface area contributed by atoms with Crippen molar-refractivity contribution in [3.8, 4) is 0 Å². The number of hydrogen-bond donors (Lipinski definition) is 1. The molecule has 0 spiro atoms. The maximum absolute atomic E-state index is 12.2. The molecule has 1 saturated heterocycles. The van der Waals surface area contributed by atoms with Crippen molar-refractivity contribution in [1.82, 2.24) is 4.90 Å². The Bertz CT molecular complexity index is 734. The molecule has 1 heterocycles. The number of amides is 1. The minimum absolute atomic E-state index is 0.269. The lowest BCUT2D eigenvalue weighted by molar-refractivity contribution is -0.0170. The molecule has 0 radical (unpaired) electrons. The molecule has 4 heteroatoms. The van der Waals surface area contributed by atoms with Crippen LogP contribution in [0.4, 0.5) is 4.79 Å². The zero-order chi connectivity index (χ0) is 18.4. The van der Waals surface area contributed by atoms with Gasteiger partial charge in [0.25, 0.3) is 0 Å². The second-order valence-electron chi connectivity index (χ2n) is 6.90. The Morgan fingerprint density at radius 1 is 1.04 bits per heavy atom. The van der Waals surface area contributed by atoms with Crippen molar-refractivity contribution in [1.29, 1.82) is 0 Å². The average Bonchev–Trinajstić information content (AvgIpc) is 2.68. The predicted molar refractivity (Wildman–Crippen MR) is 102 cm³/mol. The van der Waals surface area contributed by atoms with E-state index in [4.69, 9.17) is 4.74 Å². The fourth-order valence-electron chi connectivity index (χ4n) is 3.27. The van der Waals surface area contributed by atoms with Gasteiger partial charge in [-0.2, -0.15) is 0 Å². The molecule has 1 amide bonds. The van der Waals surface area contributed by atoms with E-state index in [9.17, 15) is 9.90 Å². The van der Waals surface area contributed by atoms with Crippen molar-refractivity contribution >= 4 is 11.7 Å². The second-order valence-corrected chi connectivity index (χ2v) is 6.90. The normalized spacial score (nSPS) is 16.1. The number of carbonyl (C=O) groups is 1. The third-order valence-corrected chi connectivity index (χ3v) is 4.88. The molecule has 0 unspecified atom stereocenters. The van der Waals surface area contributed by atoms with E-state index in [1.54, 1.807) is 4.90 Å². The molecule has 0 aliphatic carbocycles. The van der Waals surface area contributed by atoms with Crippen LogP contribution in [0.25, 0.3) is 5.57 Å². The van der Waals surface area contributed by atoms with Gasteiger partial charge in [0.1, 0.15) is 6.61 Å². The van der Waals surface area contributed by atoms with Crippen molar-refractivity contribution < 1.29 is 14.6 Å². The summed E-state index contributed by atoms with van der Waals surface area (Å²) in [4.78, 5) is 13.9. The highest BCUT2D eigenvalue weighted by molar-refractivity contribution is 5.68. The van der Waals surface area contributed by atoms with Gasteiger partial charge in [0.15, 0.2) is 0 Å². The minimum atomic E-state index is -0.816. The molecule has 0 bridgehead atoms. The van der Waals surface area contributed by atoms with Crippen LogP contribution >= 0.6 is 0 Å². The van der Waals surface area contributed by atoms with Crippen molar-refractivity contribution in [2.45, 2.75) is 31.5 Å². The molecule has 136 valence electrons. The van der Waals surface area contributed by atoms with Crippen LogP contribution in [0.3, 0.4) is 0 Å². The molecule has 2 aromatic carbocycles. The lowest BCUT2D eigenvalue weighted by atomic mass is 9.84. The summed E-state index contributed by atoms with van der Waals surface area (Å²) < 4.78 is 5.37. The second kappa shape index (κ2) is 8.19. The standard InChI is InChI=1S/C22H25NO3/c1-18(20-10-6-3-7-11-20)16-22(25)12-14-23(15-13-22)21(24)26-17-19-8-4-2-5-9-19/h2-11,25H,1,12-17H2. The highest BCUT2D eigenvalue weighted by Crippen LogP contribution is 2.32. The van der Waals surface area contributed by atoms with Gasteiger partial charge in [-0.1, -0.05) is 67.2 Å². The van der Waals surface area contributed by atoms with E-state index < -0.39 is 5.60 Å². The SMILES string of the molecule is C=C(CC1(O)CCN(C(=O)OCc2ccccc2)CC1)c1ccccc1. The van der Waals surface area contributed by atoms with Gasteiger partial charge in [0.2, 0.25) is 0 Å². The summed E-state index contributed by atoms with van der Waals surface area (Å²) in [7, 11) is 0. The number of nitrogens with zero attached hydrogens (tertiary/aromatic N) is 1. The molecule has 1 N–H and O–H groups in total. The maximum atomic E-state index is 12.2. The van der Waals surface area contributed by atoms with E-state index in [0.717, 1.165) is 16.7 Å². The topological polar surface area (TPSA) is 49.8 Å². The Hall–Kier alpha value is -2.59. The molecular weight excluding hydrogens is 326 g/mol. The van der Waals surface area contributed by atoms with E-state index in [1.807, 2.05) is 60.7 Å². The fourth-order valence-corrected chi connectivity index (χ4v) is 3.27. The molecule has 0 saturated carbocycles. The van der Waals surface area contributed by atoms with Gasteiger partial charge in [-0.05, 0) is 29.5 Å². The third kappa shape index (κ3) is 4.73. The molecule has 1 fully saturated rings. The van der Waals surface area contributed by atoms with Gasteiger partial charge in [0, 0.05) is 19.5 Å². The Balaban J connectivity index is 1.48. The van der Waals surface area contributed by atoms with E-state index in [1.165, 1.54) is 0 Å². The summed E-state index contributed by atoms with van der Waals surface area (Å²) in [5.41, 5.74) is 2.12. The predicted octanol–water partition coefficient (Wildman–Crippen LogP) is 4.25. The minimum Gasteiger partial charge on any atom is -0.445 e. The van der Waals surface area contributed by atoms with Gasteiger partial charge in [0.05, 0.1) is 5.60 Å². The van der Waals surface area contributed by atoms with Crippen LogP contribution in [-0.4, -0.2) is 34.8 Å². The van der Waals surface area contributed by atoms with Gasteiger partial charge >= 0.3 is 6.09 Å². The Labute approximate surface area is 154 Å². The Morgan fingerprint density at radius 2 is 1.62 bits per heavy atom. The summed E-state index contributed by atoms with van der Waals surface area (Å²) in [6.45, 7) is 5.37. The molecule has 1 aliphatic heterocycles. The van der Waals surface area contributed by atoms with Crippen molar-refractivity contribution in [3.63, 3.8) is 0 Å². The van der Waals surface area contributed by atoms with E-state index in [2.05, 4.69) is 6.58 Å². The van der Waals surface area contributed by atoms with Gasteiger partial charge in [-0.25, -0.2) is 4.79 Å². The van der Waals surface area contributed by atoms with Gasteiger partial charge in [-0.15, -0.1) is 0 Å². The van der Waals surface area contributed by atoms with Crippen LogP contribution in [0.5, 0.6) is 0 Å². The Morgan fingerprint density at radius 3 is 2.23 bits per heavy atom. The first-order valence-electron chi connectivity index (χ1n) is 8.97. The number of piperidine rings is 1. The van der Waals surface area contributed by atoms with Crippen LogP contribution in [0.2, 0.25) is 0 Å². The van der Waals surface area contributed by atoms with Crippen molar-refractivity contribution in [3.05, 3.63) is 78.4 Å². The van der Waals surface area contributed by atoms with Crippen LogP contribution < -0.4 is 0 Å². The summed E-state index contributed by atoms with van der Waals surface area (Å²) >= 11 is 0. The lowest BCUT2D eigenvalue weighted by Gasteiger charge is -2.38.